The minimum atomic E-state index is 0.174. The van der Waals surface area contributed by atoms with E-state index in [1.165, 1.54) is 0 Å². The Balaban J connectivity index is 1.72. The number of ether oxygens (including phenoxy) is 1. The van der Waals surface area contributed by atoms with Crippen LogP contribution in [-0.4, -0.2) is 35.4 Å². The third-order valence-corrected chi connectivity index (χ3v) is 4.38. The van der Waals surface area contributed by atoms with Crippen molar-refractivity contribution in [1.82, 2.24) is 10.3 Å². The zero-order valence-electron chi connectivity index (χ0n) is 13.0. The molecule has 23 heavy (non-hydrogen) atoms. The molecule has 1 fully saturated rings. The smallest absolute Gasteiger partial charge is 0.128 e. The highest BCUT2D eigenvalue weighted by atomic mass is 16.5. The fraction of sp³-hybridized carbons (Fsp3) is 0.444. The summed E-state index contributed by atoms with van der Waals surface area (Å²) in [6.45, 7) is 0.829. The summed E-state index contributed by atoms with van der Waals surface area (Å²) >= 11 is 0. The molecule has 0 unspecified atom stereocenters. The molecule has 1 saturated carbocycles. The van der Waals surface area contributed by atoms with E-state index in [0.29, 0.717) is 18.2 Å². The Morgan fingerprint density at radius 2 is 2.09 bits per heavy atom. The van der Waals surface area contributed by atoms with Crippen molar-refractivity contribution >= 4 is 10.8 Å². The molecule has 0 saturated heterocycles. The fourth-order valence-corrected chi connectivity index (χ4v) is 3.22. The molecule has 0 atom stereocenters. The molecule has 0 radical (unpaired) electrons. The number of nitrogens with zero attached hydrogens (tertiary/aromatic N) is 2. The second kappa shape index (κ2) is 7.40. The zero-order valence-corrected chi connectivity index (χ0v) is 13.0. The average Bonchev–Trinajstić information content (AvgIpc) is 2.61. The zero-order chi connectivity index (χ0) is 16.1. The van der Waals surface area contributed by atoms with Gasteiger partial charge in [0.1, 0.15) is 11.8 Å². The van der Waals surface area contributed by atoms with Crippen LogP contribution in [0.4, 0.5) is 0 Å². The third-order valence-electron chi connectivity index (χ3n) is 4.38. The molecular formula is C18H21N3O2. The van der Waals surface area contributed by atoms with Gasteiger partial charge in [0.2, 0.25) is 0 Å². The van der Waals surface area contributed by atoms with Gasteiger partial charge in [-0.1, -0.05) is 12.1 Å². The van der Waals surface area contributed by atoms with Crippen LogP contribution in [0.25, 0.3) is 10.8 Å². The largest absolute Gasteiger partial charge is 0.490 e. The third kappa shape index (κ3) is 3.61. The van der Waals surface area contributed by atoms with Crippen molar-refractivity contribution in [3.8, 4) is 11.8 Å². The molecule has 0 bridgehead atoms. The second-order valence-electron chi connectivity index (χ2n) is 5.92. The van der Waals surface area contributed by atoms with Gasteiger partial charge >= 0.3 is 0 Å². The van der Waals surface area contributed by atoms with E-state index in [1.807, 2.05) is 18.2 Å². The summed E-state index contributed by atoms with van der Waals surface area (Å²) in [6.07, 6.45) is 7.57. The lowest BCUT2D eigenvalue weighted by atomic mass is 9.93. The van der Waals surface area contributed by atoms with Crippen LogP contribution in [0, 0.1) is 11.3 Å². The lowest BCUT2D eigenvalue weighted by Crippen LogP contribution is -2.37. The first kappa shape index (κ1) is 15.7. The molecule has 3 rings (SSSR count). The maximum absolute atomic E-state index is 9.31. The van der Waals surface area contributed by atoms with Crippen LogP contribution in [0.2, 0.25) is 0 Å². The van der Waals surface area contributed by atoms with E-state index >= 15 is 0 Å². The topological polar surface area (TPSA) is 78.2 Å². The van der Waals surface area contributed by atoms with E-state index in [0.717, 1.165) is 42.2 Å². The lowest BCUT2D eigenvalue weighted by molar-refractivity contribution is 0.139. The summed E-state index contributed by atoms with van der Waals surface area (Å²) in [5, 5.41) is 23.3. The molecule has 0 spiro atoms. The van der Waals surface area contributed by atoms with Crippen LogP contribution < -0.4 is 10.1 Å². The standard InChI is InChI=1S/C18H21N3O2/c19-10-14-12-20-11-13-2-1-3-17(18(13)14)23-16-6-4-15(5-7-16)21-8-9-22/h1-3,11-12,15-16,21-22H,4-9H2/t15-,16-. The lowest BCUT2D eigenvalue weighted by Gasteiger charge is -2.29. The molecule has 1 aliphatic rings. The van der Waals surface area contributed by atoms with Crippen LogP contribution in [0.1, 0.15) is 31.2 Å². The first-order valence-corrected chi connectivity index (χ1v) is 8.09. The van der Waals surface area contributed by atoms with Crippen LogP contribution >= 0.6 is 0 Å². The Morgan fingerprint density at radius 1 is 1.26 bits per heavy atom. The van der Waals surface area contributed by atoms with E-state index in [1.54, 1.807) is 12.4 Å². The number of hydrogen-bond acceptors (Lipinski definition) is 5. The Bertz CT molecular complexity index is 698. The summed E-state index contributed by atoms with van der Waals surface area (Å²) in [4.78, 5) is 4.10. The number of hydrogen-bond donors (Lipinski definition) is 2. The average molecular weight is 311 g/mol. The number of benzene rings is 1. The molecule has 2 N–H and O–H groups in total. The van der Waals surface area contributed by atoms with Gasteiger partial charge in [-0.25, -0.2) is 0 Å². The summed E-state index contributed by atoms with van der Waals surface area (Å²) in [5.41, 5.74) is 0.552. The Kier molecular flexibility index (Phi) is 5.06. The maximum Gasteiger partial charge on any atom is 0.128 e. The van der Waals surface area contributed by atoms with Gasteiger partial charge in [0.05, 0.1) is 18.3 Å². The Labute approximate surface area is 135 Å². The van der Waals surface area contributed by atoms with Gasteiger partial charge in [0.15, 0.2) is 0 Å². The van der Waals surface area contributed by atoms with Crippen LogP contribution in [0.15, 0.2) is 30.6 Å². The van der Waals surface area contributed by atoms with E-state index in [-0.39, 0.29) is 12.7 Å². The number of aliphatic hydroxyl groups is 1. The van der Waals surface area contributed by atoms with Crippen molar-refractivity contribution in [2.75, 3.05) is 13.2 Å². The van der Waals surface area contributed by atoms with Gasteiger partial charge < -0.3 is 15.2 Å². The van der Waals surface area contributed by atoms with E-state index < -0.39 is 0 Å². The molecular weight excluding hydrogens is 290 g/mol. The minimum Gasteiger partial charge on any atom is -0.490 e. The van der Waals surface area contributed by atoms with E-state index in [2.05, 4.69) is 16.4 Å². The van der Waals surface area contributed by atoms with Gasteiger partial charge in [-0.15, -0.1) is 0 Å². The van der Waals surface area contributed by atoms with Crippen LogP contribution in [0.5, 0.6) is 5.75 Å². The van der Waals surface area contributed by atoms with Gasteiger partial charge in [0, 0.05) is 35.8 Å². The van der Waals surface area contributed by atoms with Gasteiger partial charge in [-0.05, 0) is 31.7 Å². The number of fused-ring (bicyclic) bond motifs is 1. The molecule has 1 aromatic carbocycles. The first-order chi connectivity index (χ1) is 11.3. The first-order valence-electron chi connectivity index (χ1n) is 8.09. The minimum absolute atomic E-state index is 0.174. The van der Waals surface area contributed by atoms with Crippen molar-refractivity contribution < 1.29 is 9.84 Å². The summed E-state index contributed by atoms with van der Waals surface area (Å²) in [5.74, 6) is 0.771. The highest BCUT2D eigenvalue weighted by Gasteiger charge is 2.22. The second-order valence-corrected chi connectivity index (χ2v) is 5.92. The molecule has 5 heteroatoms. The van der Waals surface area contributed by atoms with Crippen LogP contribution in [-0.2, 0) is 0 Å². The fourth-order valence-electron chi connectivity index (χ4n) is 3.22. The normalized spacial score (nSPS) is 21.0. The highest BCUT2D eigenvalue weighted by molar-refractivity contribution is 5.92. The van der Waals surface area contributed by atoms with Crippen molar-refractivity contribution in [2.45, 2.75) is 37.8 Å². The monoisotopic (exact) mass is 311 g/mol. The van der Waals surface area contributed by atoms with Gasteiger partial charge in [0.25, 0.3) is 0 Å². The number of pyridine rings is 1. The van der Waals surface area contributed by atoms with Gasteiger partial charge in [-0.3, -0.25) is 4.98 Å². The van der Waals surface area contributed by atoms with Crippen LogP contribution in [0.3, 0.4) is 0 Å². The van der Waals surface area contributed by atoms with Crippen molar-refractivity contribution in [3.63, 3.8) is 0 Å². The van der Waals surface area contributed by atoms with Crippen molar-refractivity contribution in [1.29, 1.82) is 5.26 Å². The van der Waals surface area contributed by atoms with E-state index in [4.69, 9.17) is 9.84 Å². The summed E-state index contributed by atoms with van der Waals surface area (Å²) in [6, 6.07) is 8.49. The molecule has 5 nitrogen and oxygen atoms in total. The highest BCUT2D eigenvalue weighted by Crippen LogP contribution is 2.31. The SMILES string of the molecule is N#Cc1cncc2cccc(O[C@H]3CC[C@H](NCCO)CC3)c12. The number of aromatic nitrogens is 1. The molecule has 120 valence electrons. The molecule has 0 amide bonds. The summed E-state index contributed by atoms with van der Waals surface area (Å²) < 4.78 is 6.21. The van der Waals surface area contributed by atoms with Crippen molar-refractivity contribution in [3.05, 3.63) is 36.2 Å². The molecule has 2 aromatic rings. The predicted octanol–water partition coefficient (Wildman–Crippen LogP) is 2.38. The quantitative estimate of drug-likeness (QED) is 0.886. The molecule has 1 heterocycles. The molecule has 1 aromatic heterocycles. The summed E-state index contributed by atoms with van der Waals surface area (Å²) in [7, 11) is 0. The number of nitrogens with one attached hydrogen (secondary N) is 1. The number of nitriles is 1. The number of rotatable bonds is 5. The predicted molar refractivity (Wildman–Crippen MR) is 88.2 cm³/mol. The van der Waals surface area contributed by atoms with E-state index in [9.17, 15) is 5.26 Å². The molecule has 0 aliphatic heterocycles. The number of aliphatic hydroxyl groups excluding tert-OH is 1. The Hall–Kier alpha value is -2.16. The Morgan fingerprint density at radius 3 is 2.83 bits per heavy atom. The van der Waals surface area contributed by atoms with Crippen molar-refractivity contribution in [2.24, 2.45) is 0 Å². The molecule has 1 aliphatic carbocycles. The van der Waals surface area contributed by atoms with Gasteiger partial charge in [-0.2, -0.15) is 5.26 Å². The maximum atomic E-state index is 9.31.